The first kappa shape index (κ1) is 17.7. The van der Waals surface area contributed by atoms with E-state index in [9.17, 15) is 13.2 Å². The molecule has 0 aliphatic heterocycles. The van der Waals surface area contributed by atoms with E-state index in [4.69, 9.17) is 16.1 Å². The van der Waals surface area contributed by atoms with Crippen LogP contribution in [0, 0.1) is 0 Å². The Labute approximate surface area is 150 Å². The summed E-state index contributed by atoms with van der Waals surface area (Å²) in [4.78, 5) is 4.17. The van der Waals surface area contributed by atoms with Crippen LogP contribution >= 0.6 is 24.2 Å². The maximum Gasteiger partial charge on any atom is 0.451 e. The smallest absolute Gasteiger partial charge is 0.337 e. The lowest BCUT2D eigenvalue weighted by molar-refractivity contribution is -0.147. The number of thiol groups is 1. The minimum absolute atomic E-state index is 0.00846. The first-order valence-electron chi connectivity index (χ1n) is 7.09. The van der Waals surface area contributed by atoms with Gasteiger partial charge in [0.25, 0.3) is 0 Å². The quantitative estimate of drug-likeness (QED) is 0.682. The number of aromatic nitrogens is 5. The molecule has 0 saturated heterocycles. The Balaban J connectivity index is 1.95. The van der Waals surface area contributed by atoms with Gasteiger partial charge in [-0.05, 0) is 19.1 Å². The van der Waals surface area contributed by atoms with E-state index in [-0.39, 0.29) is 24.1 Å². The molecule has 0 N–H and O–H groups in total. The van der Waals surface area contributed by atoms with E-state index >= 15 is 0 Å². The summed E-state index contributed by atoms with van der Waals surface area (Å²) in [6.07, 6.45) is -4.62. The molecule has 1 unspecified atom stereocenters. The summed E-state index contributed by atoms with van der Waals surface area (Å²) in [7, 11) is 0. The predicted octanol–water partition coefficient (Wildman–Crippen LogP) is 4.04. The van der Waals surface area contributed by atoms with Gasteiger partial charge in [-0.1, -0.05) is 28.9 Å². The molecular weight excluding hydrogens is 379 g/mol. The molecule has 0 saturated carbocycles. The van der Waals surface area contributed by atoms with Crippen LogP contribution in [0.3, 0.4) is 0 Å². The molecule has 0 amide bonds. The first-order chi connectivity index (χ1) is 11.8. The third-order valence-corrected chi connectivity index (χ3v) is 4.04. The summed E-state index contributed by atoms with van der Waals surface area (Å²) < 4.78 is 44.9. The predicted molar refractivity (Wildman–Crippen MR) is 86.3 cm³/mol. The van der Waals surface area contributed by atoms with Gasteiger partial charge >= 0.3 is 6.18 Å². The summed E-state index contributed by atoms with van der Waals surface area (Å²) in [5, 5.41) is 10.2. The van der Waals surface area contributed by atoms with Crippen LogP contribution in [0.5, 0.6) is 0 Å². The lowest BCUT2D eigenvalue weighted by atomic mass is 10.2. The zero-order valence-corrected chi connectivity index (χ0v) is 14.3. The number of alkyl halides is 3. The van der Waals surface area contributed by atoms with E-state index in [1.165, 1.54) is 0 Å². The molecular formula is C14H11ClF3N5OS. The normalized spacial score (nSPS) is 13.2. The summed E-state index contributed by atoms with van der Waals surface area (Å²) >= 11 is 10.2. The maximum absolute atomic E-state index is 13.0. The van der Waals surface area contributed by atoms with Gasteiger partial charge in [-0.25, -0.2) is 0 Å². The number of hydrogen-bond donors (Lipinski definition) is 1. The Kier molecular flexibility index (Phi) is 4.74. The largest absolute Gasteiger partial charge is 0.451 e. The van der Waals surface area contributed by atoms with E-state index in [2.05, 4.69) is 33.0 Å². The van der Waals surface area contributed by atoms with E-state index in [0.717, 1.165) is 4.57 Å². The molecule has 0 aliphatic rings. The fourth-order valence-electron chi connectivity index (χ4n) is 2.24. The Bertz CT molecular complexity index is 895. The van der Waals surface area contributed by atoms with Gasteiger partial charge in [-0.2, -0.15) is 30.8 Å². The number of halogens is 4. The standard InChI is InChI=1S/C14H11ClF3N5OS/c1-2-23-11(20-21-13(23)14(16,17)18)9(25)12-19-10(22-24-12)7-4-3-5-8(15)6-7/h3-6,9,25H,2H2,1H3. The molecule has 3 aromatic rings. The van der Waals surface area contributed by atoms with Crippen LogP contribution < -0.4 is 0 Å². The molecule has 1 aromatic carbocycles. The van der Waals surface area contributed by atoms with Crippen LogP contribution in [0.2, 0.25) is 5.02 Å². The Morgan fingerprint density at radius 1 is 1.32 bits per heavy atom. The van der Waals surface area contributed by atoms with Crippen LogP contribution in [0.15, 0.2) is 28.8 Å². The second-order valence-electron chi connectivity index (χ2n) is 4.99. The molecule has 0 spiro atoms. The highest BCUT2D eigenvalue weighted by molar-refractivity contribution is 7.80. The van der Waals surface area contributed by atoms with Crippen molar-refractivity contribution in [3.8, 4) is 11.4 Å². The molecule has 2 aromatic heterocycles. The first-order valence-corrected chi connectivity index (χ1v) is 7.98. The molecule has 0 fully saturated rings. The Hall–Kier alpha value is -2.07. The second-order valence-corrected chi connectivity index (χ2v) is 5.95. The zero-order valence-electron chi connectivity index (χ0n) is 12.7. The van der Waals surface area contributed by atoms with Crippen LogP contribution in [0.4, 0.5) is 13.2 Å². The molecule has 11 heteroatoms. The highest BCUT2D eigenvalue weighted by atomic mass is 35.5. The second kappa shape index (κ2) is 6.68. The minimum atomic E-state index is -4.62. The Morgan fingerprint density at radius 2 is 2.08 bits per heavy atom. The maximum atomic E-state index is 13.0. The molecule has 6 nitrogen and oxygen atoms in total. The number of nitrogens with zero attached hydrogens (tertiary/aromatic N) is 5. The summed E-state index contributed by atoms with van der Waals surface area (Å²) in [6, 6.07) is 6.77. The van der Waals surface area contributed by atoms with E-state index in [1.54, 1.807) is 31.2 Å². The van der Waals surface area contributed by atoms with Crippen molar-refractivity contribution in [2.45, 2.75) is 24.9 Å². The van der Waals surface area contributed by atoms with Crippen molar-refractivity contribution in [2.24, 2.45) is 0 Å². The molecule has 2 heterocycles. The van der Waals surface area contributed by atoms with Gasteiger partial charge in [0.15, 0.2) is 5.82 Å². The SMILES string of the molecule is CCn1c(C(S)c2nc(-c3cccc(Cl)c3)no2)nnc1C(F)(F)F. The van der Waals surface area contributed by atoms with Crippen LogP contribution in [-0.4, -0.2) is 24.9 Å². The highest BCUT2D eigenvalue weighted by Gasteiger charge is 2.39. The average molecular weight is 390 g/mol. The molecule has 1 atom stereocenters. The molecule has 0 radical (unpaired) electrons. The van der Waals surface area contributed by atoms with Gasteiger partial charge in [-0.3, -0.25) is 0 Å². The fourth-order valence-corrected chi connectivity index (χ4v) is 2.73. The van der Waals surface area contributed by atoms with Crippen molar-refractivity contribution >= 4 is 24.2 Å². The van der Waals surface area contributed by atoms with Gasteiger partial charge in [0.1, 0.15) is 5.25 Å². The molecule has 3 rings (SSSR count). The van der Waals surface area contributed by atoms with Gasteiger partial charge in [-0.15, -0.1) is 10.2 Å². The highest BCUT2D eigenvalue weighted by Crippen LogP contribution is 2.33. The molecule has 25 heavy (non-hydrogen) atoms. The molecule has 132 valence electrons. The van der Waals surface area contributed by atoms with Gasteiger partial charge in [0, 0.05) is 17.1 Å². The number of rotatable bonds is 4. The van der Waals surface area contributed by atoms with E-state index in [0.29, 0.717) is 10.6 Å². The third kappa shape index (κ3) is 3.49. The topological polar surface area (TPSA) is 69.6 Å². The van der Waals surface area contributed by atoms with Crippen molar-refractivity contribution in [2.75, 3.05) is 0 Å². The number of hydrogen-bond acceptors (Lipinski definition) is 6. The van der Waals surface area contributed by atoms with Crippen molar-refractivity contribution in [3.63, 3.8) is 0 Å². The van der Waals surface area contributed by atoms with E-state index < -0.39 is 17.3 Å². The third-order valence-electron chi connectivity index (χ3n) is 3.35. The van der Waals surface area contributed by atoms with Crippen LogP contribution in [0.25, 0.3) is 11.4 Å². The zero-order chi connectivity index (χ0) is 18.2. The molecule has 0 aliphatic carbocycles. The van der Waals surface area contributed by atoms with Crippen molar-refractivity contribution < 1.29 is 17.7 Å². The molecule has 0 bridgehead atoms. The average Bonchev–Trinajstić information content (AvgIpc) is 3.20. The summed E-state index contributed by atoms with van der Waals surface area (Å²) in [5.41, 5.74) is 0.607. The Morgan fingerprint density at radius 3 is 2.72 bits per heavy atom. The monoisotopic (exact) mass is 389 g/mol. The fraction of sp³-hybridized carbons (Fsp3) is 0.286. The van der Waals surface area contributed by atoms with Crippen molar-refractivity contribution in [1.82, 2.24) is 24.9 Å². The van der Waals surface area contributed by atoms with Gasteiger partial charge in [0.2, 0.25) is 17.5 Å². The van der Waals surface area contributed by atoms with Crippen molar-refractivity contribution in [3.05, 3.63) is 46.8 Å². The lowest BCUT2D eigenvalue weighted by Gasteiger charge is -2.11. The minimum Gasteiger partial charge on any atom is -0.337 e. The van der Waals surface area contributed by atoms with E-state index in [1.807, 2.05) is 0 Å². The number of benzene rings is 1. The van der Waals surface area contributed by atoms with Gasteiger partial charge in [0.05, 0.1) is 0 Å². The van der Waals surface area contributed by atoms with Gasteiger partial charge < -0.3 is 9.09 Å². The summed E-state index contributed by atoms with van der Waals surface area (Å²) in [6.45, 7) is 1.57. The lowest BCUT2D eigenvalue weighted by Crippen LogP contribution is -2.16. The van der Waals surface area contributed by atoms with Crippen LogP contribution in [-0.2, 0) is 12.7 Å². The van der Waals surface area contributed by atoms with Crippen LogP contribution in [0.1, 0.15) is 29.7 Å². The van der Waals surface area contributed by atoms with Crippen molar-refractivity contribution in [1.29, 1.82) is 0 Å². The summed E-state index contributed by atoms with van der Waals surface area (Å²) in [5.74, 6) is -0.873.